The third kappa shape index (κ3) is 1.24. The van der Waals surface area contributed by atoms with Crippen LogP contribution in [0.3, 0.4) is 0 Å². The first kappa shape index (κ1) is 14.8. The molecule has 3 aliphatic rings. The van der Waals surface area contributed by atoms with Crippen molar-refractivity contribution in [2.24, 2.45) is 16.2 Å². The lowest BCUT2D eigenvalue weighted by atomic mass is 9.88. The van der Waals surface area contributed by atoms with Crippen molar-refractivity contribution in [3.05, 3.63) is 0 Å². The summed E-state index contributed by atoms with van der Waals surface area (Å²) in [5.74, 6) is -3.79. The molecule has 0 aromatic carbocycles. The molecule has 0 aromatic rings. The van der Waals surface area contributed by atoms with Gasteiger partial charge in [-0.2, -0.15) is 21.0 Å². The number of nitrogens with zero attached hydrogens (tertiary/aromatic N) is 4. The van der Waals surface area contributed by atoms with Crippen molar-refractivity contribution < 1.29 is 19.1 Å². The maximum atomic E-state index is 12.6. The van der Waals surface area contributed by atoms with E-state index in [9.17, 15) is 30.6 Å². The van der Waals surface area contributed by atoms with Crippen LogP contribution in [-0.4, -0.2) is 17.7 Å². The van der Waals surface area contributed by atoms with Crippen LogP contribution in [0.5, 0.6) is 0 Å². The van der Waals surface area contributed by atoms with Gasteiger partial charge in [-0.15, -0.1) is 0 Å². The first-order chi connectivity index (χ1) is 11.0. The van der Waals surface area contributed by atoms with Gasteiger partial charge < -0.3 is 9.47 Å². The van der Waals surface area contributed by atoms with Crippen molar-refractivity contribution in [2.45, 2.75) is 37.9 Å². The van der Waals surface area contributed by atoms with Crippen molar-refractivity contribution in [2.75, 3.05) is 0 Å². The van der Waals surface area contributed by atoms with Crippen LogP contribution >= 0.6 is 0 Å². The van der Waals surface area contributed by atoms with Crippen molar-refractivity contribution >= 4 is 11.9 Å². The summed E-state index contributed by atoms with van der Waals surface area (Å²) in [4.78, 5) is 25.2. The fraction of sp³-hybridized carbons (Fsp3) is 0.600. The van der Waals surface area contributed by atoms with Gasteiger partial charge in [0.25, 0.3) is 5.79 Å². The average Bonchev–Trinajstić information content (AvgIpc) is 3.12. The molecule has 114 valence electrons. The molecule has 3 rings (SSSR count). The Balaban J connectivity index is 2.12. The first-order valence-electron chi connectivity index (χ1n) is 7.08. The van der Waals surface area contributed by atoms with E-state index < -0.39 is 34.0 Å². The third-order valence-corrected chi connectivity index (χ3v) is 5.08. The maximum absolute atomic E-state index is 12.6. The molecule has 0 atom stereocenters. The predicted molar refractivity (Wildman–Crippen MR) is 67.8 cm³/mol. The highest BCUT2D eigenvalue weighted by atomic mass is 16.7. The van der Waals surface area contributed by atoms with Crippen LogP contribution in [0.4, 0.5) is 0 Å². The van der Waals surface area contributed by atoms with Gasteiger partial charge in [0, 0.05) is 12.8 Å². The lowest BCUT2D eigenvalue weighted by Crippen LogP contribution is -2.54. The lowest BCUT2D eigenvalue weighted by Gasteiger charge is -2.41. The van der Waals surface area contributed by atoms with Gasteiger partial charge in [-0.3, -0.25) is 9.59 Å². The average molecular weight is 310 g/mol. The fourth-order valence-electron chi connectivity index (χ4n) is 3.79. The molecule has 0 aromatic heterocycles. The van der Waals surface area contributed by atoms with Crippen LogP contribution in [0.15, 0.2) is 0 Å². The molecule has 0 radical (unpaired) electrons. The van der Waals surface area contributed by atoms with Gasteiger partial charge in [-0.25, -0.2) is 0 Å². The number of carbonyl (C=O) groups excluding carboxylic acids is 2. The zero-order valence-electron chi connectivity index (χ0n) is 12.0. The molecule has 0 amide bonds. The minimum Gasteiger partial charge on any atom is -0.421 e. The van der Waals surface area contributed by atoms with Crippen molar-refractivity contribution in [1.82, 2.24) is 0 Å². The van der Waals surface area contributed by atoms with Gasteiger partial charge in [0.1, 0.15) is 0 Å². The summed E-state index contributed by atoms with van der Waals surface area (Å²) >= 11 is 0. The summed E-state index contributed by atoms with van der Waals surface area (Å²) in [6.07, 6.45) is 2.92. The van der Waals surface area contributed by atoms with Crippen LogP contribution in [0.25, 0.3) is 0 Å². The fourth-order valence-corrected chi connectivity index (χ4v) is 3.79. The molecular formula is C15H10N4O4. The van der Waals surface area contributed by atoms with E-state index in [0.29, 0.717) is 25.7 Å². The highest BCUT2D eigenvalue weighted by Crippen LogP contribution is 2.79. The maximum Gasteiger partial charge on any atom is 0.332 e. The number of carbonyl (C=O) groups is 2. The van der Waals surface area contributed by atoms with E-state index in [1.165, 1.54) is 24.3 Å². The minimum atomic E-state index is -2.52. The predicted octanol–water partition coefficient (Wildman–Crippen LogP) is 0.814. The van der Waals surface area contributed by atoms with Gasteiger partial charge in [-0.1, -0.05) is 6.42 Å². The topological polar surface area (TPSA) is 148 Å². The summed E-state index contributed by atoms with van der Waals surface area (Å²) in [5, 5.41) is 37.3. The van der Waals surface area contributed by atoms with E-state index in [2.05, 4.69) is 0 Å². The molecule has 2 saturated carbocycles. The number of hydrogen-bond acceptors (Lipinski definition) is 8. The molecule has 0 bridgehead atoms. The Bertz CT molecular complexity index is 694. The SMILES string of the molecule is N#CC1(C#N)C(C#N)(C#N)C12C(=O)OC1(CCCCC1)OC2=O. The Morgan fingerprint density at radius 3 is 1.48 bits per heavy atom. The highest BCUT2D eigenvalue weighted by Gasteiger charge is 3.02. The normalized spacial score (nSPS) is 27.5. The van der Waals surface area contributed by atoms with Gasteiger partial charge in [0.05, 0.1) is 24.3 Å². The summed E-state index contributed by atoms with van der Waals surface area (Å²) in [7, 11) is 0. The van der Waals surface area contributed by atoms with Gasteiger partial charge in [-0.05, 0) is 12.8 Å². The molecule has 1 heterocycles. The van der Waals surface area contributed by atoms with Crippen LogP contribution in [-0.2, 0) is 19.1 Å². The molecular weight excluding hydrogens is 300 g/mol. The largest absolute Gasteiger partial charge is 0.421 e. The molecule has 8 heteroatoms. The molecule has 2 aliphatic carbocycles. The van der Waals surface area contributed by atoms with Crippen molar-refractivity contribution in [3.63, 3.8) is 0 Å². The number of ether oxygens (including phenoxy) is 2. The second kappa shape index (κ2) is 4.22. The first-order valence-corrected chi connectivity index (χ1v) is 7.08. The molecule has 0 N–H and O–H groups in total. The number of esters is 2. The van der Waals surface area contributed by atoms with Crippen molar-refractivity contribution in [3.8, 4) is 24.3 Å². The standard InChI is InChI=1S/C15H10N4O4/c16-6-12(7-17)13(8-18,9-19)15(12)10(20)22-14(23-11(15)21)4-2-1-3-5-14/h1-5H2. The van der Waals surface area contributed by atoms with E-state index in [0.717, 1.165) is 6.42 Å². The Morgan fingerprint density at radius 2 is 1.13 bits per heavy atom. The van der Waals surface area contributed by atoms with Crippen LogP contribution < -0.4 is 0 Å². The third-order valence-electron chi connectivity index (χ3n) is 5.08. The molecule has 1 saturated heterocycles. The molecule has 1 aliphatic heterocycles. The quantitative estimate of drug-likeness (QED) is 0.471. The van der Waals surface area contributed by atoms with E-state index in [-0.39, 0.29) is 0 Å². The number of nitriles is 4. The molecule has 3 fully saturated rings. The lowest BCUT2D eigenvalue weighted by molar-refractivity contribution is -0.265. The molecule has 2 spiro atoms. The highest BCUT2D eigenvalue weighted by molar-refractivity contribution is 6.12. The Kier molecular flexibility index (Phi) is 2.72. The molecule has 23 heavy (non-hydrogen) atoms. The van der Waals surface area contributed by atoms with Gasteiger partial charge >= 0.3 is 11.9 Å². The van der Waals surface area contributed by atoms with Crippen molar-refractivity contribution in [1.29, 1.82) is 21.0 Å². The Hall–Kier alpha value is -3.10. The monoisotopic (exact) mass is 310 g/mol. The zero-order chi connectivity index (χ0) is 16.9. The van der Waals surface area contributed by atoms with Gasteiger partial charge in [0.2, 0.25) is 16.2 Å². The summed E-state index contributed by atoms with van der Waals surface area (Å²) in [6.45, 7) is 0. The Morgan fingerprint density at radius 1 is 0.739 bits per heavy atom. The second-order valence-corrected chi connectivity index (χ2v) is 5.95. The number of hydrogen-bond donors (Lipinski definition) is 0. The number of rotatable bonds is 0. The van der Waals surface area contributed by atoms with E-state index in [1.54, 1.807) is 0 Å². The van der Waals surface area contributed by atoms with E-state index in [1.807, 2.05) is 0 Å². The van der Waals surface area contributed by atoms with Crippen LogP contribution in [0, 0.1) is 61.6 Å². The van der Waals surface area contributed by atoms with Crippen LogP contribution in [0.1, 0.15) is 32.1 Å². The smallest absolute Gasteiger partial charge is 0.332 e. The summed E-state index contributed by atoms with van der Waals surface area (Å²) in [5.41, 5.74) is -7.36. The second-order valence-electron chi connectivity index (χ2n) is 5.95. The zero-order valence-corrected chi connectivity index (χ0v) is 12.0. The Labute approximate surface area is 131 Å². The molecule has 0 unspecified atom stereocenters. The molecule has 8 nitrogen and oxygen atoms in total. The van der Waals surface area contributed by atoms with Crippen LogP contribution in [0.2, 0.25) is 0 Å². The van der Waals surface area contributed by atoms with Gasteiger partial charge in [0.15, 0.2) is 0 Å². The minimum absolute atomic E-state index is 0.318. The summed E-state index contributed by atoms with van der Waals surface area (Å²) in [6, 6.07) is 6.00. The van der Waals surface area contributed by atoms with E-state index >= 15 is 0 Å². The summed E-state index contributed by atoms with van der Waals surface area (Å²) < 4.78 is 10.6. The van der Waals surface area contributed by atoms with E-state index in [4.69, 9.17) is 9.47 Å².